The highest BCUT2D eigenvalue weighted by atomic mass is 19.1. The maximum Gasteiger partial charge on any atom is 0.254 e. The molecule has 22 heavy (non-hydrogen) atoms. The van der Waals surface area contributed by atoms with Crippen LogP contribution in [0.1, 0.15) is 34.5 Å². The summed E-state index contributed by atoms with van der Waals surface area (Å²) < 4.78 is 13.3. The molecule has 1 heterocycles. The predicted octanol–water partition coefficient (Wildman–Crippen LogP) is 2.48. The van der Waals surface area contributed by atoms with Crippen molar-refractivity contribution in [2.45, 2.75) is 32.0 Å². The van der Waals surface area contributed by atoms with Gasteiger partial charge in [-0.2, -0.15) is 0 Å². The van der Waals surface area contributed by atoms with Gasteiger partial charge in [0.15, 0.2) is 0 Å². The van der Waals surface area contributed by atoms with Crippen LogP contribution >= 0.6 is 0 Å². The van der Waals surface area contributed by atoms with Gasteiger partial charge in [-0.1, -0.05) is 12.1 Å². The van der Waals surface area contributed by atoms with E-state index in [1.165, 1.54) is 12.1 Å². The Balaban J connectivity index is 1.82. The van der Waals surface area contributed by atoms with Crippen molar-refractivity contribution in [1.82, 2.24) is 9.88 Å². The standard InChI is InChI=1S/C17H18FN3O/c18-14-3-1-2-12(8-14)11-21(16-4-5-16)17(22)13-6-7-20-15(9-13)10-19/h1-3,6-9,16H,4-5,10-11,19H2. The molecular weight excluding hydrogens is 281 g/mol. The van der Waals surface area contributed by atoms with E-state index in [2.05, 4.69) is 4.98 Å². The van der Waals surface area contributed by atoms with E-state index in [0.717, 1.165) is 18.4 Å². The molecule has 1 aliphatic rings. The summed E-state index contributed by atoms with van der Waals surface area (Å²) in [6.45, 7) is 0.718. The summed E-state index contributed by atoms with van der Waals surface area (Å²) in [7, 11) is 0. The lowest BCUT2D eigenvalue weighted by atomic mass is 10.1. The van der Waals surface area contributed by atoms with Gasteiger partial charge in [-0.25, -0.2) is 4.39 Å². The Morgan fingerprint density at radius 3 is 2.82 bits per heavy atom. The normalized spacial score (nSPS) is 13.9. The second kappa shape index (κ2) is 6.23. The number of carbonyl (C=O) groups is 1. The Morgan fingerprint density at radius 1 is 1.32 bits per heavy atom. The molecule has 0 aliphatic heterocycles. The van der Waals surface area contributed by atoms with Crippen molar-refractivity contribution in [2.24, 2.45) is 5.73 Å². The van der Waals surface area contributed by atoms with Crippen LogP contribution < -0.4 is 5.73 Å². The maximum atomic E-state index is 13.3. The third-order valence-electron chi connectivity index (χ3n) is 3.76. The summed E-state index contributed by atoms with van der Waals surface area (Å²) in [6.07, 6.45) is 3.59. The number of rotatable bonds is 5. The lowest BCUT2D eigenvalue weighted by molar-refractivity contribution is 0.0729. The van der Waals surface area contributed by atoms with Crippen LogP contribution in [0.4, 0.5) is 4.39 Å². The Bertz CT molecular complexity index is 685. The number of pyridine rings is 1. The van der Waals surface area contributed by atoms with E-state index >= 15 is 0 Å². The van der Waals surface area contributed by atoms with Crippen LogP contribution in [-0.2, 0) is 13.1 Å². The topological polar surface area (TPSA) is 59.2 Å². The molecule has 114 valence electrons. The van der Waals surface area contributed by atoms with Crippen molar-refractivity contribution in [3.05, 3.63) is 65.2 Å². The molecule has 0 saturated heterocycles. The molecule has 1 aromatic carbocycles. The van der Waals surface area contributed by atoms with Gasteiger partial charge in [0, 0.05) is 30.9 Å². The molecule has 1 fully saturated rings. The fourth-order valence-electron chi connectivity index (χ4n) is 2.47. The van der Waals surface area contributed by atoms with Gasteiger partial charge in [-0.15, -0.1) is 0 Å². The Labute approximate surface area is 128 Å². The summed E-state index contributed by atoms with van der Waals surface area (Å²) in [5.74, 6) is -0.334. The molecule has 2 aromatic rings. The molecule has 5 heteroatoms. The Kier molecular flexibility index (Phi) is 4.15. The van der Waals surface area contributed by atoms with Crippen molar-refractivity contribution in [3.63, 3.8) is 0 Å². The molecule has 0 atom stereocenters. The van der Waals surface area contributed by atoms with Gasteiger partial charge in [-0.3, -0.25) is 9.78 Å². The largest absolute Gasteiger partial charge is 0.331 e. The van der Waals surface area contributed by atoms with E-state index in [4.69, 9.17) is 5.73 Å². The number of carbonyl (C=O) groups excluding carboxylic acids is 1. The first-order valence-electron chi connectivity index (χ1n) is 7.38. The van der Waals surface area contributed by atoms with Gasteiger partial charge in [0.05, 0.1) is 5.69 Å². The summed E-state index contributed by atoms with van der Waals surface area (Å²) in [6, 6.07) is 10.0. The molecule has 1 amide bonds. The number of amides is 1. The van der Waals surface area contributed by atoms with Gasteiger partial charge in [0.25, 0.3) is 5.91 Å². The fraction of sp³-hybridized carbons (Fsp3) is 0.294. The highest BCUT2D eigenvalue weighted by molar-refractivity contribution is 5.94. The second-order valence-corrected chi connectivity index (χ2v) is 5.53. The molecule has 0 radical (unpaired) electrons. The molecule has 1 saturated carbocycles. The van der Waals surface area contributed by atoms with Gasteiger partial charge < -0.3 is 10.6 Å². The number of nitrogens with zero attached hydrogens (tertiary/aromatic N) is 2. The lowest BCUT2D eigenvalue weighted by Crippen LogP contribution is -2.32. The average molecular weight is 299 g/mol. The number of hydrogen-bond donors (Lipinski definition) is 1. The number of nitrogens with two attached hydrogens (primary N) is 1. The number of hydrogen-bond acceptors (Lipinski definition) is 3. The minimum atomic E-state index is -0.282. The van der Waals surface area contributed by atoms with Gasteiger partial charge in [0.1, 0.15) is 5.82 Å². The van der Waals surface area contributed by atoms with Gasteiger partial charge >= 0.3 is 0 Å². The zero-order valence-electron chi connectivity index (χ0n) is 12.2. The first-order chi connectivity index (χ1) is 10.7. The fourth-order valence-corrected chi connectivity index (χ4v) is 2.47. The van der Waals surface area contributed by atoms with Crippen molar-refractivity contribution >= 4 is 5.91 Å². The lowest BCUT2D eigenvalue weighted by Gasteiger charge is -2.23. The van der Waals surface area contributed by atoms with Crippen molar-refractivity contribution in [2.75, 3.05) is 0 Å². The van der Waals surface area contributed by atoms with Crippen LogP contribution in [0.5, 0.6) is 0 Å². The number of benzene rings is 1. The zero-order valence-corrected chi connectivity index (χ0v) is 12.2. The van der Waals surface area contributed by atoms with E-state index in [0.29, 0.717) is 24.3 Å². The zero-order chi connectivity index (χ0) is 15.5. The van der Waals surface area contributed by atoms with Crippen molar-refractivity contribution < 1.29 is 9.18 Å². The van der Waals surface area contributed by atoms with Gasteiger partial charge in [-0.05, 0) is 42.7 Å². The molecule has 1 aliphatic carbocycles. The third kappa shape index (κ3) is 3.31. The van der Waals surface area contributed by atoms with E-state index < -0.39 is 0 Å². The van der Waals surface area contributed by atoms with Crippen LogP contribution in [0.2, 0.25) is 0 Å². The maximum absolute atomic E-state index is 13.3. The Hall–Kier alpha value is -2.27. The molecule has 0 unspecified atom stereocenters. The molecule has 4 nitrogen and oxygen atoms in total. The minimum absolute atomic E-state index is 0.0520. The first-order valence-corrected chi connectivity index (χ1v) is 7.38. The summed E-state index contributed by atoms with van der Waals surface area (Å²) in [5, 5.41) is 0. The van der Waals surface area contributed by atoms with Gasteiger partial charge in [0.2, 0.25) is 0 Å². The van der Waals surface area contributed by atoms with E-state index in [-0.39, 0.29) is 17.8 Å². The third-order valence-corrected chi connectivity index (χ3v) is 3.76. The predicted molar refractivity (Wildman–Crippen MR) is 81.4 cm³/mol. The highest BCUT2D eigenvalue weighted by Crippen LogP contribution is 2.30. The quantitative estimate of drug-likeness (QED) is 0.922. The van der Waals surface area contributed by atoms with Crippen LogP contribution in [0.25, 0.3) is 0 Å². The van der Waals surface area contributed by atoms with E-state index in [1.807, 2.05) is 11.0 Å². The molecule has 2 N–H and O–H groups in total. The van der Waals surface area contributed by atoms with Crippen LogP contribution in [-0.4, -0.2) is 21.8 Å². The highest BCUT2D eigenvalue weighted by Gasteiger charge is 2.33. The van der Waals surface area contributed by atoms with E-state index in [1.54, 1.807) is 24.4 Å². The minimum Gasteiger partial charge on any atom is -0.331 e. The van der Waals surface area contributed by atoms with Crippen LogP contribution in [0.3, 0.4) is 0 Å². The van der Waals surface area contributed by atoms with Crippen molar-refractivity contribution in [3.8, 4) is 0 Å². The summed E-state index contributed by atoms with van der Waals surface area (Å²) in [4.78, 5) is 18.7. The summed E-state index contributed by atoms with van der Waals surface area (Å²) >= 11 is 0. The second-order valence-electron chi connectivity index (χ2n) is 5.53. The van der Waals surface area contributed by atoms with Crippen molar-refractivity contribution in [1.29, 1.82) is 0 Å². The van der Waals surface area contributed by atoms with E-state index in [9.17, 15) is 9.18 Å². The Morgan fingerprint density at radius 2 is 2.14 bits per heavy atom. The SMILES string of the molecule is NCc1cc(C(=O)N(Cc2cccc(F)c2)C2CC2)ccn1. The van der Waals surface area contributed by atoms with Crippen LogP contribution in [0, 0.1) is 5.82 Å². The monoisotopic (exact) mass is 299 g/mol. The number of aromatic nitrogens is 1. The first kappa shape index (κ1) is 14.7. The van der Waals surface area contributed by atoms with Crippen LogP contribution in [0.15, 0.2) is 42.6 Å². The molecule has 0 spiro atoms. The molecule has 1 aromatic heterocycles. The number of halogens is 1. The smallest absolute Gasteiger partial charge is 0.254 e. The summed E-state index contributed by atoms with van der Waals surface area (Å²) in [5.41, 5.74) is 7.65. The average Bonchev–Trinajstić information content (AvgIpc) is 3.37. The molecular formula is C17H18FN3O. The molecule has 0 bridgehead atoms. The molecule has 3 rings (SSSR count).